The first kappa shape index (κ1) is 5.37. The van der Waals surface area contributed by atoms with Crippen molar-refractivity contribution in [1.82, 2.24) is 16.1 Å². The van der Waals surface area contributed by atoms with Crippen LogP contribution in [0.2, 0.25) is 0 Å². The van der Waals surface area contributed by atoms with Gasteiger partial charge in [0.05, 0.1) is 6.54 Å². The minimum atomic E-state index is 0.416. The van der Waals surface area contributed by atoms with Crippen molar-refractivity contribution in [1.29, 1.82) is 0 Å². The van der Waals surface area contributed by atoms with Crippen LogP contribution in [-0.4, -0.2) is 31.1 Å². The lowest BCUT2D eigenvalue weighted by Crippen LogP contribution is -2.24. The van der Waals surface area contributed by atoms with Crippen LogP contribution < -0.4 is 11.1 Å². The van der Waals surface area contributed by atoms with E-state index in [0.717, 1.165) is 13.2 Å². The molecule has 0 fully saturated rings. The van der Waals surface area contributed by atoms with E-state index in [1.807, 2.05) is 5.01 Å². The third kappa shape index (κ3) is 1.10. The first-order valence-electron chi connectivity index (χ1n) is 2.59. The van der Waals surface area contributed by atoms with E-state index in [9.17, 15) is 0 Å². The van der Waals surface area contributed by atoms with Crippen molar-refractivity contribution in [2.75, 3.05) is 19.8 Å². The summed E-state index contributed by atoms with van der Waals surface area (Å²) in [6.07, 6.45) is 1.65. The van der Waals surface area contributed by atoms with Crippen molar-refractivity contribution >= 4 is 6.34 Å². The van der Waals surface area contributed by atoms with Crippen LogP contribution in [0, 0.1) is 0 Å². The van der Waals surface area contributed by atoms with Crippen LogP contribution >= 0.6 is 0 Å². The first-order chi connectivity index (χ1) is 3.93. The number of rotatable bonds is 2. The van der Waals surface area contributed by atoms with Gasteiger partial charge in [0.25, 0.3) is 0 Å². The molecule has 1 heterocycles. The second kappa shape index (κ2) is 2.52. The highest BCUT2D eigenvalue weighted by Gasteiger charge is 2.00. The predicted octanol–water partition coefficient (Wildman–Crippen LogP) is -0.925. The fourth-order valence-electron chi connectivity index (χ4n) is 0.575. The van der Waals surface area contributed by atoms with Crippen LogP contribution in [0.5, 0.6) is 0 Å². The fraction of sp³-hybridized carbons (Fsp3) is 0.750. The number of nitrogens with zero attached hydrogens (tertiary/aromatic N) is 2. The zero-order chi connectivity index (χ0) is 5.82. The molecule has 0 amide bonds. The van der Waals surface area contributed by atoms with Gasteiger partial charge >= 0.3 is 0 Å². The van der Waals surface area contributed by atoms with E-state index in [2.05, 4.69) is 10.4 Å². The van der Waals surface area contributed by atoms with Crippen LogP contribution in [0.4, 0.5) is 0 Å². The van der Waals surface area contributed by atoms with Crippen LogP contribution in [0.1, 0.15) is 0 Å². The van der Waals surface area contributed by atoms with Crippen molar-refractivity contribution in [3.63, 3.8) is 0 Å². The smallest absolute Gasteiger partial charge is 0.110 e. The molecule has 0 aliphatic carbocycles. The Kier molecular flexibility index (Phi) is 1.69. The minimum absolute atomic E-state index is 0.416. The van der Waals surface area contributed by atoms with Crippen molar-refractivity contribution in [3.05, 3.63) is 0 Å². The summed E-state index contributed by atoms with van der Waals surface area (Å²) in [5, 5.41) is 8.62. The Morgan fingerprint density at radius 1 is 1.88 bits per heavy atom. The lowest BCUT2D eigenvalue weighted by atomic mass is 10.6. The minimum Gasteiger partial charge on any atom is -0.356 e. The van der Waals surface area contributed by atoms with Gasteiger partial charge in [0.2, 0.25) is 0 Å². The molecule has 0 spiro atoms. The Morgan fingerprint density at radius 3 is 3.25 bits per heavy atom. The monoisotopic (exact) mass is 113 g/mol. The second-order valence-electron chi connectivity index (χ2n) is 1.59. The zero-order valence-corrected chi connectivity index (χ0v) is 4.59. The van der Waals surface area contributed by atoms with Crippen molar-refractivity contribution in [2.45, 2.75) is 0 Å². The van der Waals surface area contributed by atoms with E-state index in [1.54, 1.807) is 6.34 Å². The molecule has 4 nitrogen and oxygen atoms in total. The highest BCUT2D eigenvalue weighted by molar-refractivity contribution is 5.55. The van der Waals surface area contributed by atoms with Gasteiger partial charge < -0.3 is 5.32 Å². The highest BCUT2D eigenvalue weighted by Crippen LogP contribution is 1.87. The molecule has 0 bridgehead atoms. The van der Waals surface area contributed by atoms with Gasteiger partial charge in [-0.3, -0.25) is 10.7 Å². The van der Waals surface area contributed by atoms with Gasteiger partial charge in [-0.05, 0) is 0 Å². The molecule has 0 aromatic heterocycles. The molecular formula is C4H9N4. The molecule has 0 aromatic rings. The van der Waals surface area contributed by atoms with Crippen molar-refractivity contribution in [2.24, 2.45) is 5.10 Å². The number of hydrazone groups is 1. The SMILES string of the molecule is [NH]CCN1CNC=N1. The number of hydrogen-bond donors (Lipinski definition) is 1. The van der Waals surface area contributed by atoms with E-state index >= 15 is 0 Å². The van der Waals surface area contributed by atoms with Gasteiger partial charge in [-0.1, -0.05) is 0 Å². The molecule has 0 atom stereocenters. The molecule has 0 saturated carbocycles. The molecule has 1 radical (unpaired) electrons. The summed E-state index contributed by atoms with van der Waals surface area (Å²) in [5.41, 5.74) is 6.82. The van der Waals surface area contributed by atoms with E-state index in [0.29, 0.717) is 6.54 Å². The molecule has 4 heteroatoms. The van der Waals surface area contributed by atoms with Crippen molar-refractivity contribution < 1.29 is 0 Å². The molecule has 0 unspecified atom stereocenters. The standard InChI is InChI=1S/C4H9N4/c5-1-2-8-4-6-3-7-8/h3,5H,1-2,4H2,(H,6,7). The summed E-state index contributed by atoms with van der Waals surface area (Å²) in [4.78, 5) is 0. The maximum Gasteiger partial charge on any atom is 0.110 e. The van der Waals surface area contributed by atoms with E-state index < -0.39 is 0 Å². The average molecular weight is 113 g/mol. The lowest BCUT2D eigenvalue weighted by molar-refractivity contribution is 0.316. The average Bonchev–Trinajstić information content (AvgIpc) is 2.19. The maximum absolute atomic E-state index is 6.82. The Morgan fingerprint density at radius 2 is 2.75 bits per heavy atom. The number of hydrogen-bond acceptors (Lipinski definition) is 3. The Balaban J connectivity index is 2.16. The van der Waals surface area contributed by atoms with Gasteiger partial charge in [0, 0.05) is 6.54 Å². The predicted molar refractivity (Wildman–Crippen MR) is 31.2 cm³/mol. The van der Waals surface area contributed by atoms with Crippen LogP contribution in [0.25, 0.3) is 0 Å². The molecular weight excluding hydrogens is 104 g/mol. The van der Waals surface area contributed by atoms with Crippen LogP contribution in [0.15, 0.2) is 5.10 Å². The molecule has 1 rings (SSSR count). The summed E-state index contributed by atoms with van der Waals surface area (Å²) in [5.74, 6) is 0. The largest absolute Gasteiger partial charge is 0.356 e. The van der Waals surface area contributed by atoms with Crippen LogP contribution in [-0.2, 0) is 0 Å². The third-order valence-corrected chi connectivity index (χ3v) is 0.956. The Bertz CT molecular complexity index is 90.0. The molecule has 45 valence electrons. The summed E-state index contributed by atoms with van der Waals surface area (Å²) < 4.78 is 0. The molecule has 0 saturated heterocycles. The summed E-state index contributed by atoms with van der Waals surface area (Å²) in [6, 6.07) is 0. The molecule has 1 aliphatic heterocycles. The van der Waals surface area contributed by atoms with E-state index in [4.69, 9.17) is 5.73 Å². The second-order valence-corrected chi connectivity index (χ2v) is 1.59. The number of nitrogens with one attached hydrogen (secondary N) is 2. The summed E-state index contributed by atoms with van der Waals surface area (Å²) >= 11 is 0. The van der Waals surface area contributed by atoms with Crippen LogP contribution in [0.3, 0.4) is 0 Å². The van der Waals surface area contributed by atoms with Crippen molar-refractivity contribution in [3.8, 4) is 0 Å². The van der Waals surface area contributed by atoms with Gasteiger partial charge in [-0.25, -0.2) is 0 Å². The van der Waals surface area contributed by atoms with Gasteiger partial charge in [0.1, 0.15) is 13.0 Å². The Hall–Kier alpha value is -0.770. The zero-order valence-electron chi connectivity index (χ0n) is 4.59. The third-order valence-electron chi connectivity index (χ3n) is 0.956. The lowest BCUT2D eigenvalue weighted by Gasteiger charge is -2.08. The maximum atomic E-state index is 6.82. The Labute approximate surface area is 48.3 Å². The topological polar surface area (TPSA) is 51.4 Å². The van der Waals surface area contributed by atoms with Gasteiger partial charge in [-0.2, -0.15) is 5.10 Å². The van der Waals surface area contributed by atoms with Gasteiger partial charge in [0.15, 0.2) is 0 Å². The highest BCUT2D eigenvalue weighted by atomic mass is 15.5. The quantitative estimate of drug-likeness (QED) is 0.503. The van der Waals surface area contributed by atoms with Gasteiger partial charge in [-0.15, -0.1) is 0 Å². The molecule has 0 aromatic carbocycles. The molecule has 8 heavy (non-hydrogen) atoms. The summed E-state index contributed by atoms with van der Waals surface area (Å²) in [6.45, 7) is 1.90. The normalized spacial score (nSPS) is 16.9. The van der Waals surface area contributed by atoms with E-state index in [-0.39, 0.29) is 0 Å². The van der Waals surface area contributed by atoms with E-state index in [1.165, 1.54) is 0 Å². The molecule has 1 aliphatic rings. The summed E-state index contributed by atoms with van der Waals surface area (Å²) in [7, 11) is 0. The molecule has 2 N–H and O–H groups in total. The fourth-order valence-corrected chi connectivity index (χ4v) is 0.575. The first-order valence-corrected chi connectivity index (χ1v) is 2.59.